The third-order valence-electron chi connectivity index (χ3n) is 3.84. The van der Waals surface area contributed by atoms with Gasteiger partial charge in [-0.3, -0.25) is 14.8 Å². The number of hydrogen-bond acceptors (Lipinski definition) is 8. The number of imidazole rings is 1. The average Bonchev–Trinajstić information content (AvgIpc) is 3.04. The molecule has 0 aliphatic carbocycles. The van der Waals surface area contributed by atoms with Gasteiger partial charge in [0.15, 0.2) is 17.4 Å². The Bertz CT molecular complexity index is 847. The minimum Gasteiger partial charge on any atom is -0.382 e. The molecule has 2 unspecified atom stereocenters. The number of anilines is 1. The van der Waals surface area contributed by atoms with Crippen LogP contribution in [0.4, 0.5) is 5.95 Å². The lowest BCUT2D eigenvalue weighted by Crippen LogP contribution is -2.37. The summed E-state index contributed by atoms with van der Waals surface area (Å²) in [7, 11) is 3.01. The lowest BCUT2D eigenvalue weighted by atomic mass is 10.1. The van der Waals surface area contributed by atoms with Crippen LogP contribution in [0.1, 0.15) is 6.23 Å². The second-order valence-corrected chi connectivity index (χ2v) is 5.73. The SMILES string of the molecule is COC[C@H]1O[C@@H](n2c(=O)[nH]c3c(=O)[nH]c(N)nc32)C(OC)C1OI. The fourth-order valence-electron chi connectivity index (χ4n) is 2.84. The molecule has 0 saturated carbocycles. The Hall–Kier alpha value is -1.48. The number of nitrogens with one attached hydrogen (secondary N) is 2. The first-order valence-electron chi connectivity index (χ1n) is 6.96. The quantitative estimate of drug-likeness (QED) is 0.504. The number of nitrogen functional groups attached to an aromatic ring is 1. The highest BCUT2D eigenvalue weighted by atomic mass is 127. The molecule has 2 aromatic rings. The van der Waals surface area contributed by atoms with Crippen molar-refractivity contribution in [3.05, 3.63) is 20.8 Å². The molecule has 0 amide bonds. The number of ether oxygens (including phenoxy) is 3. The summed E-state index contributed by atoms with van der Waals surface area (Å²) in [5.74, 6) is -0.109. The maximum absolute atomic E-state index is 12.4. The van der Waals surface area contributed by atoms with Gasteiger partial charge >= 0.3 is 5.69 Å². The monoisotopic (exact) mass is 453 g/mol. The van der Waals surface area contributed by atoms with Gasteiger partial charge < -0.3 is 23.0 Å². The van der Waals surface area contributed by atoms with Crippen LogP contribution in [-0.4, -0.2) is 58.7 Å². The van der Waals surface area contributed by atoms with E-state index in [0.717, 1.165) is 0 Å². The summed E-state index contributed by atoms with van der Waals surface area (Å²) in [6.45, 7) is 0.247. The maximum Gasteiger partial charge on any atom is 0.330 e. The van der Waals surface area contributed by atoms with Crippen LogP contribution >= 0.6 is 23.0 Å². The van der Waals surface area contributed by atoms with Gasteiger partial charge in [-0.25, -0.2) is 9.36 Å². The van der Waals surface area contributed by atoms with Crippen molar-refractivity contribution in [1.29, 1.82) is 0 Å². The van der Waals surface area contributed by atoms with Crippen molar-refractivity contribution < 1.29 is 17.3 Å². The number of methoxy groups -OCH3 is 2. The predicted octanol–water partition coefficient (Wildman–Crippen LogP) is -0.711. The number of nitrogens with two attached hydrogens (primary N) is 1. The molecule has 4 atom stereocenters. The Morgan fingerprint density at radius 2 is 2.08 bits per heavy atom. The fraction of sp³-hybridized carbons (Fsp3) is 0.583. The molecule has 0 spiro atoms. The molecule has 2 aromatic heterocycles. The smallest absolute Gasteiger partial charge is 0.330 e. The second kappa shape index (κ2) is 6.79. The average molecular weight is 453 g/mol. The first kappa shape index (κ1) is 17.3. The lowest BCUT2D eigenvalue weighted by Gasteiger charge is -2.20. The Kier molecular flexibility index (Phi) is 4.91. The van der Waals surface area contributed by atoms with E-state index in [2.05, 4.69) is 15.0 Å². The van der Waals surface area contributed by atoms with Crippen LogP contribution in [0, 0.1) is 0 Å². The molecule has 1 aliphatic rings. The zero-order valence-corrected chi connectivity index (χ0v) is 15.0. The van der Waals surface area contributed by atoms with E-state index in [9.17, 15) is 9.59 Å². The first-order valence-corrected chi connectivity index (χ1v) is 7.84. The number of hydrogen-bond donors (Lipinski definition) is 3. The van der Waals surface area contributed by atoms with Crippen molar-refractivity contribution in [3.8, 4) is 0 Å². The van der Waals surface area contributed by atoms with E-state index in [-0.39, 0.29) is 23.7 Å². The normalized spacial score (nSPS) is 27.1. The lowest BCUT2D eigenvalue weighted by molar-refractivity contribution is -0.0641. The van der Waals surface area contributed by atoms with Gasteiger partial charge in [0.2, 0.25) is 5.95 Å². The van der Waals surface area contributed by atoms with Crippen LogP contribution < -0.4 is 17.0 Å². The summed E-state index contributed by atoms with van der Waals surface area (Å²) in [6, 6.07) is 0. The molecular formula is C12H16IN5O6. The van der Waals surface area contributed by atoms with Crippen molar-refractivity contribution in [3.63, 3.8) is 0 Å². The van der Waals surface area contributed by atoms with E-state index in [1.807, 2.05) is 0 Å². The summed E-state index contributed by atoms with van der Waals surface area (Å²) in [5.41, 5.74) is 4.56. The highest BCUT2D eigenvalue weighted by molar-refractivity contribution is 14.1. The van der Waals surface area contributed by atoms with Gasteiger partial charge in [0.05, 0.1) is 6.61 Å². The molecule has 0 bridgehead atoms. The summed E-state index contributed by atoms with van der Waals surface area (Å²) in [6.07, 6.45) is -2.40. The van der Waals surface area contributed by atoms with Gasteiger partial charge in [0, 0.05) is 14.2 Å². The molecule has 3 heterocycles. The summed E-state index contributed by atoms with van der Waals surface area (Å²) in [4.78, 5) is 33.1. The Labute approximate surface area is 149 Å². The maximum atomic E-state index is 12.4. The molecule has 3 rings (SSSR count). The third-order valence-corrected chi connectivity index (χ3v) is 4.43. The van der Waals surface area contributed by atoms with Crippen LogP contribution in [0.15, 0.2) is 9.59 Å². The summed E-state index contributed by atoms with van der Waals surface area (Å²) in [5, 5.41) is 0. The summed E-state index contributed by atoms with van der Waals surface area (Å²) < 4.78 is 23.1. The van der Waals surface area contributed by atoms with Crippen molar-refractivity contribution in [2.45, 2.75) is 24.5 Å². The molecule has 1 saturated heterocycles. The third kappa shape index (κ3) is 2.73. The molecule has 0 aromatic carbocycles. The number of fused-ring (bicyclic) bond motifs is 1. The zero-order chi connectivity index (χ0) is 17.4. The van der Waals surface area contributed by atoms with E-state index in [0.29, 0.717) is 0 Å². The van der Waals surface area contributed by atoms with Crippen LogP contribution in [0.2, 0.25) is 0 Å². The minimum absolute atomic E-state index is 0.00906. The molecule has 12 heteroatoms. The fourth-order valence-corrected chi connectivity index (χ4v) is 3.45. The van der Waals surface area contributed by atoms with Crippen molar-refractivity contribution >= 4 is 40.1 Å². The predicted molar refractivity (Wildman–Crippen MR) is 90.9 cm³/mol. The van der Waals surface area contributed by atoms with Gasteiger partial charge in [-0.15, -0.1) is 0 Å². The molecule has 1 aliphatic heterocycles. The Morgan fingerprint density at radius 3 is 2.71 bits per heavy atom. The number of rotatable bonds is 5. The number of aromatic nitrogens is 4. The molecule has 4 N–H and O–H groups in total. The molecule has 0 radical (unpaired) electrons. The van der Waals surface area contributed by atoms with Crippen molar-refractivity contribution in [2.24, 2.45) is 0 Å². The van der Waals surface area contributed by atoms with Crippen LogP contribution in [0.3, 0.4) is 0 Å². The number of aromatic amines is 2. The van der Waals surface area contributed by atoms with E-state index in [1.54, 1.807) is 23.0 Å². The number of H-pyrrole nitrogens is 2. The molecule has 24 heavy (non-hydrogen) atoms. The first-order chi connectivity index (χ1) is 11.5. The molecule has 1 fully saturated rings. The van der Waals surface area contributed by atoms with Crippen LogP contribution in [0.5, 0.6) is 0 Å². The van der Waals surface area contributed by atoms with Crippen molar-refractivity contribution in [2.75, 3.05) is 26.6 Å². The van der Waals surface area contributed by atoms with Gasteiger partial charge in [0.25, 0.3) is 5.56 Å². The highest BCUT2D eigenvalue weighted by Crippen LogP contribution is 2.34. The number of nitrogens with zero attached hydrogens (tertiary/aromatic N) is 2. The van der Waals surface area contributed by atoms with Gasteiger partial charge in [-0.05, 0) is 0 Å². The molecule has 132 valence electrons. The van der Waals surface area contributed by atoms with E-state index in [1.165, 1.54) is 18.8 Å². The van der Waals surface area contributed by atoms with Gasteiger partial charge in [0.1, 0.15) is 41.3 Å². The van der Waals surface area contributed by atoms with Gasteiger partial charge in [-0.1, -0.05) is 0 Å². The minimum atomic E-state index is -0.857. The topological polar surface area (TPSA) is 146 Å². The van der Waals surface area contributed by atoms with Gasteiger partial charge in [-0.2, -0.15) is 4.98 Å². The van der Waals surface area contributed by atoms with Crippen LogP contribution in [0.25, 0.3) is 11.2 Å². The van der Waals surface area contributed by atoms with Crippen molar-refractivity contribution in [1.82, 2.24) is 19.5 Å². The highest BCUT2D eigenvalue weighted by Gasteiger charge is 2.48. The molecular weight excluding hydrogens is 437 g/mol. The zero-order valence-electron chi connectivity index (χ0n) is 12.8. The van der Waals surface area contributed by atoms with E-state index >= 15 is 0 Å². The molecule has 11 nitrogen and oxygen atoms in total. The van der Waals surface area contributed by atoms with E-state index < -0.39 is 35.8 Å². The van der Waals surface area contributed by atoms with E-state index in [4.69, 9.17) is 23.0 Å². The Balaban J connectivity index is 2.14. The Morgan fingerprint density at radius 1 is 1.33 bits per heavy atom. The summed E-state index contributed by atoms with van der Waals surface area (Å²) >= 11 is 1.75. The standard InChI is InChI=1S/C12H16IN5O6/c1-21-3-4-6(24-13)7(22-2)10(23-4)18-8-5(15-12(18)20)9(19)17-11(14)16-8/h4,6-7,10H,3H2,1-2H3,(H,15,20)(H3,14,16,17,19)/t4-,6?,7?,10-/m1/s1. The second-order valence-electron chi connectivity index (χ2n) is 5.22. The largest absolute Gasteiger partial charge is 0.382 e. The number of halogens is 1. The van der Waals surface area contributed by atoms with Crippen LogP contribution in [-0.2, 0) is 17.3 Å².